The monoisotopic (exact) mass is 244 g/mol. The molecular weight excluding hydrogens is 224 g/mol. The predicted molar refractivity (Wildman–Crippen MR) is 71.1 cm³/mol. The number of nitriles is 1. The molecule has 0 amide bonds. The lowest BCUT2D eigenvalue weighted by atomic mass is 10.0. The normalized spacial score (nSPS) is 19.4. The Balaban J connectivity index is 1.81. The molecule has 1 aromatic rings. The van der Waals surface area contributed by atoms with Crippen LogP contribution in [0.25, 0.3) is 0 Å². The lowest BCUT2D eigenvalue weighted by Crippen LogP contribution is -2.32. The van der Waals surface area contributed by atoms with Gasteiger partial charge in [0.05, 0.1) is 24.8 Å². The average Bonchev–Trinajstić information content (AvgIpc) is 2.42. The second kappa shape index (κ2) is 6.53. The van der Waals surface area contributed by atoms with Crippen molar-refractivity contribution in [1.82, 2.24) is 5.32 Å². The molecule has 1 heterocycles. The van der Waals surface area contributed by atoms with Crippen LogP contribution in [-0.4, -0.2) is 19.7 Å². The van der Waals surface area contributed by atoms with Gasteiger partial charge in [-0.05, 0) is 55.5 Å². The van der Waals surface area contributed by atoms with E-state index >= 15 is 0 Å². The standard InChI is InChI=1S/C15H20N2O/c1-12-7-13(8-16)4-5-15(12)11-18-10-14-3-2-6-17-9-14/h4-5,7,14,17H,2-3,6,9-11H2,1H3. The number of benzene rings is 1. The summed E-state index contributed by atoms with van der Waals surface area (Å²) in [5.74, 6) is 0.650. The highest BCUT2D eigenvalue weighted by Crippen LogP contribution is 2.14. The lowest BCUT2D eigenvalue weighted by molar-refractivity contribution is 0.0780. The molecule has 0 radical (unpaired) electrons. The van der Waals surface area contributed by atoms with Crippen LogP contribution >= 0.6 is 0 Å². The van der Waals surface area contributed by atoms with Gasteiger partial charge in [0.1, 0.15) is 0 Å². The number of nitrogens with one attached hydrogen (secondary N) is 1. The molecule has 1 saturated heterocycles. The fourth-order valence-corrected chi connectivity index (χ4v) is 2.33. The minimum absolute atomic E-state index is 0.647. The Labute approximate surface area is 109 Å². The van der Waals surface area contributed by atoms with Crippen LogP contribution in [0.1, 0.15) is 29.5 Å². The lowest BCUT2D eigenvalue weighted by Gasteiger charge is -2.22. The third-order valence-corrected chi connectivity index (χ3v) is 3.48. The van der Waals surface area contributed by atoms with Gasteiger partial charge in [-0.2, -0.15) is 5.26 Å². The van der Waals surface area contributed by atoms with Gasteiger partial charge in [-0.3, -0.25) is 0 Å². The highest BCUT2D eigenvalue weighted by molar-refractivity contribution is 5.37. The van der Waals surface area contributed by atoms with Gasteiger partial charge >= 0.3 is 0 Å². The van der Waals surface area contributed by atoms with Gasteiger partial charge in [0.25, 0.3) is 0 Å². The maximum absolute atomic E-state index is 8.81. The highest BCUT2D eigenvalue weighted by Gasteiger charge is 2.12. The van der Waals surface area contributed by atoms with Crippen LogP contribution in [0, 0.1) is 24.2 Å². The van der Waals surface area contributed by atoms with Crippen LogP contribution in [-0.2, 0) is 11.3 Å². The fraction of sp³-hybridized carbons (Fsp3) is 0.533. The van der Waals surface area contributed by atoms with Crippen molar-refractivity contribution >= 4 is 0 Å². The first-order valence-corrected chi connectivity index (χ1v) is 6.57. The Morgan fingerprint density at radius 2 is 2.39 bits per heavy atom. The van der Waals surface area contributed by atoms with Gasteiger partial charge in [-0.25, -0.2) is 0 Å². The first-order chi connectivity index (χ1) is 8.79. The quantitative estimate of drug-likeness (QED) is 0.884. The first-order valence-electron chi connectivity index (χ1n) is 6.57. The third kappa shape index (κ3) is 3.56. The second-order valence-electron chi connectivity index (χ2n) is 4.98. The van der Waals surface area contributed by atoms with Crippen molar-refractivity contribution in [1.29, 1.82) is 5.26 Å². The van der Waals surface area contributed by atoms with E-state index in [-0.39, 0.29) is 0 Å². The summed E-state index contributed by atoms with van der Waals surface area (Å²) in [6, 6.07) is 7.92. The van der Waals surface area contributed by atoms with Crippen molar-refractivity contribution in [3.63, 3.8) is 0 Å². The molecule has 1 unspecified atom stereocenters. The van der Waals surface area contributed by atoms with E-state index < -0.39 is 0 Å². The van der Waals surface area contributed by atoms with Crippen LogP contribution < -0.4 is 5.32 Å². The minimum atomic E-state index is 0.647. The molecule has 1 aromatic carbocycles. The maximum Gasteiger partial charge on any atom is 0.0991 e. The van der Waals surface area contributed by atoms with Crippen LogP contribution in [0.15, 0.2) is 18.2 Å². The van der Waals surface area contributed by atoms with E-state index in [1.54, 1.807) is 0 Å². The Morgan fingerprint density at radius 3 is 3.06 bits per heavy atom. The SMILES string of the molecule is Cc1cc(C#N)ccc1COCC1CCCNC1. The number of rotatable bonds is 4. The topological polar surface area (TPSA) is 45.0 Å². The van der Waals surface area contributed by atoms with Gasteiger partial charge in [-0.1, -0.05) is 6.07 Å². The summed E-state index contributed by atoms with van der Waals surface area (Å²) in [7, 11) is 0. The van der Waals surface area contributed by atoms with Gasteiger partial charge in [-0.15, -0.1) is 0 Å². The first kappa shape index (κ1) is 13.1. The molecule has 1 N–H and O–H groups in total. The Kier molecular flexibility index (Phi) is 4.74. The zero-order valence-electron chi connectivity index (χ0n) is 10.9. The third-order valence-electron chi connectivity index (χ3n) is 3.48. The molecule has 0 aliphatic carbocycles. The van der Waals surface area contributed by atoms with E-state index in [2.05, 4.69) is 11.4 Å². The Hall–Kier alpha value is -1.37. The van der Waals surface area contributed by atoms with Gasteiger partial charge in [0.2, 0.25) is 0 Å². The number of aryl methyl sites for hydroxylation is 1. The van der Waals surface area contributed by atoms with Crippen LogP contribution in [0.2, 0.25) is 0 Å². The van der Waals surface area contributed by atoms with E-state index in [0.29, 0.717) is 18.1 Å². The number of hydrogen-bond donors (Lipinski definition) is 1. The molecule has 18 heavy (non-hydrogen) atoms. The van der Waals surface area contributed by atoms with Crippen molar-refractivity contribution in [3.8, 4) is 6.07 Å². The Bertz CT molecular complexity index is 431. The summed E-state index contributed by atoms with van der Waals surface area (Å²) in [5, 5.41) is 12.2. The van der Waals surface area contributed by atoms with Gasteiger partial charge in [0, 0.05) is 6.54 Å². The molecule has 2 rings (SSSR count). The van der Waals surface area contributed by atoms with E-state index in [4.69, 9.17) is 10.00 Å². The summed E-state index contributed by atoms with van der Waals surface area (Å²) in [5.41, 5.74) is 3.03. The molecule has 3 heteroatoms. The largest absolute Gasteiger partial charge is 0.376 e. The van der Waals surface area contributed by atoms with E-state index in [0.717, 1.165) is 25.3 Å². The predicted octanol–water partition coefficient (Wildman–Crippen LogP) is 2.38. The number of ether oxygens (including phenoxy) is 1. The highest BCUT2D eigenvalue weighted by atomic mass is 16.5. The van der Waals surface area contributed by atoms with Crippen molar-refractivity contribution in [2.75, 3.05) is 19.7 Å². The summed E-state index contributed by atoms with van der Waals surface area (Å²) in [6.07, 6.45) is 2.52. The van der Waals surface area contributed by atoms with Crippen molar-refractivity contribution in [2.24, 2.45) is 5.92 Å². The smallest absolute Gasteiger partial charge is 0.0991 e. The zero-order valence-corrected chi connectivity index (χ0v) is 10.9. The summed E-state index contributed by atoms with van der Waals surface area (Å²) < 4.78 is 5.79. The van der Waals surface area contributed by atoms with Crippen molar-refractivity contribution in [2.45, 2.75) is 26.4 Å². The molecule has 0 aromatic heterocycles. The molecule has 0 saturated carbocycles. The maximum atomic E-state index is 8.81. The van der Waals surface area contributed by atoms with Crippen molar-refractivity contribution in [3.05, 3.63) is 34.9 Å². The molecule has 1 fully saturated rings. The van der Waals surface area contributed by atoms with Crippen LogP contribution in [0.4, 0.5) is 0 Å². The van der Waals surface area contributed by atoms with E-state index in [1.165, 1.54) is 18.4 Å². The Morgan fingerprint density at radius 1 is 1.50 bits per heavy atom. The molecule has 1 atom stereocenters. The average molecular weight is 244 g/mol. The summed E-state index contributed by atoms with van der Waals surface area (Å²) in [4.78, 5) is 0. The van der Waals surface area contributed by atoms with Crippen LogP contribution in [0.5, 0.6) is 0 Å². The number of piperidine rings is 1. The molecular formula is C15H20N2O. The van der Waals surface area contributed by atoms with Crippen molar-refractivity contribution < 1.29 is 4.74 Å². The minimum Gasteiger partial charge on any atom is -0.376 e. The molecule has 3 nitrogen and oxygen atoms in total. The second-order valence-corrected chi connectivity index (χ2v) is 4.98. The summed E-state index contributed by atoms with van der Waals surface area (Å²) >= 11 is 0. The molecule has 0 bridgehead atoms. The summed E-state index contributed by atoms with van der Waals surface area (Å²) in [6.45, 7) is 5.72. The molecule has 1 aliphatic rings. The fourth-order valence-electron chi connectivity index (χ4n) is 2.33. The number of nitrogens with zero attached hydrogens (tertiary/aromatic N) is 1. The van der Waals surface area contributed by atoms with Crippen LogP contribution in [0.3, 0.4) is 0 Å². The molecule has 1 aliphatic heterocycles. The zero-order chi connectivity index (χ0) is 12.8. The van der Waals surface area contributed by atoms with Gasteiger partial charge in [0.15, 0.2) is 0 Å². The molecule has 0 spiro atoms. The van der Waals surface area contributed by atoms with E-state index in [1.807, 2.05) is 25.1 Å². The number of hydrogen-bond acceptors (Lipinski definition) is 3. The van der Waals surface area contributed by atoms with Gasteiger partial charge < -0.3 is 10.1 Å². The van der Waals surface area contributed by atoms with E-state index in [9.17, 15) is 0 Å². The molecule has 96 valence electrons.